The summed E-state index contributed by atoms with van der Waals surface area (Å²) in [5, 5.41) is 8.62. The Balaban J connectivity index is 1.85. The minimum atomic E-state index is 0.237. The van der Waals surface area contributed by atoms with Crippen LogP contribution in [0.4, 0.5) is 0 Å². The third-order valence-corrected chi connectivity index (χ3v) is 2.44. The average Bonchev–Trinajstić information content (AvgIpc) is 2.80. The molecule has 0 bridgehead atoms. The Morgan fingerprint density at radius 1 is 1.40 bits per heavy atom. The summed E-state index contributed by atoms with van der Waals surface area (Å²) < 4.78 is 11.0. The molecule has 2 rings (SSSR count). The van der Waals surface area contributed by atoms with Crippen molar-refractivity contribution in [1.29, 1.82) is 5.26 Å². The molecule has 0 radical (unpaired) electrons. The molecule has 0 saturated carbocycles. The predicted octanol–water partition coefficient (Wildman–Crippen LogP) is 2.12. The van der Waals surface area contributed by atoms with Gasteiger partial charge in [0.05, 0.1) is 17.7 Å². The van der Waals surface area contributed by atoms with Crippen molar-refractivity contribution < 1.29 is 9.47 Å². The van der Waals surface area contributed by atoms with Gasteiger partial charge in [-0.1, -0.05) is 0 Å². The van der Waals surface area contributed by atoms with Crippen LogP contribution in [-0.4, -0.2) is 19.3 Å². The van der Waals surface area contributed by atoms with Gasteiger partial charge >= 0.3 is 0 Å². The zero-order valence-corrected chi connectivity index (χ0v) is 8.48. The molecule has 1 saturated heterocycles. The highest BCUT2D eigenvalue weighted by molar-refractivity contribution is 5.34. The van der Waals surface area contributed by atoms with E-state index in [-0.39, 0.29) is 6.10 Å². The molecule has 1 fully saturated rings. The minimum absolute atomic E-state index is 0.237. The van der Waals surface area contributed by atoms with Gasteiger partial charge in [-0.15, -0.1) is 0 Å². The molecule has 0 N–H and O–H groups in total. The van der Waals surface area contributed by atoms with Gasteiger partial charge in [-0.3, -0.25) is 0 Å². The molecule has 15 heavy (non-hydrogen) atoms. The van der Waals surface area contributed by atoms with Crippen molar-refractivity contribution in [2.45, 2.75) is 18.9 Å². The largest absolute Gasteiger partial charge is 0.491 e. The Labute approximate surface area is 89.2 Å². The summed E-state index contributed by atoms with van der Waals surface area (Å²) in [5.41, 5.74) is 0.652. The maximum absolute atomic E-state index is 8.62. The number of nitriles is 1. The van der Waals surface area contributed by atoms with Gasteiger partial charge in [0.1, 0.15) is 12.4 Å². The Kier molecular flexibility index (Phi) is 3.21. The molecule has 0 aliphatic carbocycles. The fourth-order valence-corrected chi connectivity index (χ4v) is 1.59. The summed E-state index contributed by atoms with van der Waals surface area (Å²) in [6, 6.07) is 9.21. The van der Waals surface area contributed by atoms with Crippen molar-refractivity contribution in [3.05, 3.63) is 29.8 Å². The van der Waals surface area contributed by atoms with Crippen molar-refractivity contribution >= 4 is 0 Å². The average molecular weight is 203 g/mol. The van der Waals surface area contributed by atoms with Crippen LogP contribution in [0.3, 0.4) is 0 Å². The van der Waals surface area contributed by atoms with Crippen LogP contribution in [-0.2, 0) is 4.74 Å². The molecule has 0 spiro atoms. The van der Waals surface area contributed by atoms with Crippen LogP contribution in [0.15, 0.2) is 24.3 Å². The smallest absolute Gasteiger partial charge is 0.119 e. The van der Waals surface area contributed by atoms with Crippen LogP contribution in [0.2, 0.25) is 0 Å². The van der Waals surface area contributed by atoms with Crippen molar-refractivity contribution in [3.8, 4) is 11.8 Å². The summed E-state index contributed by atoms with van der Waals surface area (Å²) >= 11 is 0. The molecule has 3 nitrogen and oxygen atoms in total. The van der Waals surface area contributed by atoms with Crippen LogP contribution in [0.25, 0.3) is 0 Å². The third kappa shape index (κ3) is 2.71. The first-order valence-electron chi connectivity index (χ1n) is 5.13. The summed E-state index contributed by atoms with van der Waals surface area (Å²) in [6.45, 7) is 1.45. The van der Waals surface area contributed by atoms with E-state index in [2.05, 4.69) is 6.07 Å². The molecular formula is C12H13NO2. The standard InChI is InChI=1S/C12H13NO2/c13-8-10-3-5-11(6-4-10)15-9-12-2-1-7-14-12/h3-6,12H,1-2,7,9H2/t12-/m0/s1. The molecule has 0 unspecified atom stereocenters. The van der Waals surface area contributed by atoms with Gasteiger partial charge in [0.25, 0.3) is 0 Å². The molecule has 1 aromatic rings. The number of ether oxygens (including phenoxy) is 2. The lowest BCUT2D eigenvalue weighted by Gasteiger charge is -2.11. The third-order valence-electron chi connectivity index (χ3n) is 2.44. The Bertz CT molecular complexity index is 347. The SMILES string of the molecule is N#Cc1ccc(OC[C@@H]2CCCO2)cc1. The zero-order valence-electron chi connectivity index (χ0n) is 8.48. The first-order chi connectivity index (χ1) is 7.38. The fourth-order valence-electron chi connectivity index (χ4n) is 1.59. The molecule has 78 valence electrons. The van der Waals surface area contributed by atoms with Gasteiger partial charge in [0.15, 0.2) is 0 Å². The molecule has 0 amide bonds. The molecule has 1 heterocycles. The van der Waals surface area contributed by atoms with Crippen LogP contribution in [0.1, 0.15) is 18.4 Å². The summed E-state index contributed by atoms with van der Waals surface area (Å²) in [7, 11) is 0. The molecule has 1 aliphatic rings. The van der Waals surface area contributed by atoms with Crippen LogP contribution >= 0.6 is 0 Å². The second kappa shape index (κ2) is 4.81. The van der Waals surface area contributed by atoms with E-state index >= 15 is 0 Å². The lowest BCUT2D eigenvalue weighted by Crippen LogP contribution is -2.16. The summed E-state index contributed by atoms with van der Waals surface area (Å²) in [4.78, 5) is 0. The maximum Gasteiger partial charge on any atom is 0.119 e. The number of nitrogens with zero attached hydrogens (tertiary/aromatic N) is 1. The van der Waals surface area contributed by atoms with E-state index in [1.807, 2.05) is 12.1 Å². The van der Waals surface area contributed by atoms with E-state index in [4.69, 9.17) is 14.7 Å². The quantitative estimate of drug-likeness (QED) is 0.755. The van der Waals surface area contributed by atoms with Gasteiger partial charge in [-0.25, -0.2) is 0 Å². The maximum atomic E-state index is 8.62. The second-order valence-electron chi connectivity index (χ2n) is 3.58. The van der Waals surface area contributed by atoms with Gasteiger partial charge in [0, 0.05) is 6.61 Å². The van der Waals surface area contributed by atoms with Gasteiger partial charge in [-0.2, -0.15) is 5.26 Å². The lowest BCUT2D eigenvalue weighted by molar-refractivity contribution is 0.0679. The number of rotatable bonds is 3. The fraction of sp³-hybridized carbons (Fsp3) is 0.417. The van der Waals surface area contributed by atoms with Crippen molar-refractivity contribution in [2.75, 3.05) is 13.2 Å². The Morgan fingerprint density at radius 3 is 2.80 bits per heavy atom. The highest BCUT2D eigenvalue weighted by atomic mass is 16.5. The van der Waals surface area contributed by atoms with E-state index in [1.165, 1.54) is 0 Å². The zero-order chi connectivity index (χ0) is 10.5. The number of hydrogen-bond donors (Lipinski definition) is 0. The van der Waals surface area contributed by atoms with Crippen molar-refractivity contribution in [1.82, 2.24) is 0 Å². The first kappa shape index (κ1) is 10.0. The summed E-state index contributed by atoms with van der Waals surface area (Å²) in [5.74, 6) is 0.796. The molecule has 3 heteroatoms. The first-order valence-corrected chi connectivity index (χ1v) is 5.13. The number of hydrogen-bond acceptors (Lipinski definition) is 3. The lowest BCUT2D eigenvalue weighted by atomic mass is 10.2. The molecule has 1 aromatic carbocycles. The Hall–Kier alpha value is -1.53. The van der Waals surface area contributed by atoms with Gasteiger partial charge in [-0.05, 0) is 37.1 Å². The monoisotopic (exact) mass is 203 g/mol. The van der Waals surface area contributed by atoms with Crippen LogP contribution < -0.4 is 4.74 Å². The van der Waals surface area contributed by atoms with Gasteiger partial charge in [0.2, 0.25) is 0 Å². The normalized spacial score (nSPS) is 19.8. The number of benzene rings is 1. The minimum Gasteiger partial charge on any atom is -0.491 e. The highest BCUT2D eigenvalue weighted by Gasteiger charge is 2.15. The van der Waals surface area contributed by atoms with E-state index in [0.29, 0.717) is 12.2 Å². The Morgan fingerprint density at radius 2 is 2.20 bits per heavy atom. The van der Waals surface area contributed by atoms with Crippen molar-refractivity contribution in [3.63, 3.8) is 0 Å². The molecular weight excluding hydrogens is 190 g/mol. The second-order valence-corrected chi connectivity index (χ2v) is 3.58. The predicted molar refractivity (Wildman–Crippen MR) is 55.6 cm³/mol. The van der Waals surface area contributed by atoms with Crippen molar-refractivity contribution in [2.24, 2.45) is 0 Å². The van der Waals surface area contributed by atoms with E-state index in [0.717, 1.165) is 25.2 Å². The van der Waals surface area contributed by atoms with E-state index in [9.17, 15) is 0 Å². The van der Waals surface area contributed by atoms with Crippen LogP contribution in [0, 0.1) is 11.3 Å². The molecule has 0 aromatic heterocycles. The van der Waals surface area contributed by atoms with E-state index in [1.54, 1.807) is 12.1 Å². The van der Waals surface area contributed by atoms with Gasteiger partial charge < -0.3 is 9.47 Å². The topological polar surface area (TPSA) is 42.2 Å². The van der Waals surface area contributed by atoms with Crippen LogP contribution in [0.5, 0.6) is 5.75 Å². The molecule has 1 aliphatic heterocycles. The molecule has 1 atom stereocenters. The summed E-state index contributed by atoms with van der Waals surface area (Å²) in [6.07, 6.45) is 2.44. The van der Waals surface area contributed by atoms with E-state index < -0.39 is 0 Å². The highest BCUT2D eigenvalue weighted by Crippen LogP contribution is 2.16.